The topological polar surface area (TPSA) is 96.9 Å². The lowest BCUT2D eigenvalue weighted by Gasteiger charge is -2.44. The van der Waals surface area contributed by atoms with E-state index in [1.807, 2.05) is 0 Å². The Labute approximate surface area is 148 Å². The highest BCUT2D eigenvalue weighted by Crippen LogP contribution is 2.47. The predicted octanol–water partition coefficient (Wildman–Crippen LogP) is 5.34. The largest absolute Gasteiger partial charge is 0.408 e. The molecule has 0 bridgehead atoms. The van der Waals surface area contributed by atoms with Gasteiger partial charge in [0.25, 0.3) is 0 Å². The molecule has 6 nitrogen and oxygen atoms in total. The van der Waals surface area contributed by atoms with E-state index >= 15 is 0 Å². The summed E-state index contributed by atoms with van der Waals surface area (Å²) in [6.45, 7) is 13.4. The lowest BCUT2D eigenvalue weighted by molar-refractivity contribution is 0.174. The molecule has 9 heteroatoms. The maximum absolute atomic E-state index is 8.54. The lowest BCUT2D eigenvalue weighted by Crippen LogP contribution is -2.47. The van der Waals surface area contributed by atoms with Crippen LogP contribution in [0.25, 0.3) is 10.4 Å². The van der Waals surface area contributed by atoms with Crippen LogP contribution in [-0.2, 0) is 4.43 Å². The Balaban J connectivity index is 3.12. The highest BCUT2D eigenvalue weighted by Gasteiger charge is 2.46. The zero-order chi connectivity index (χ0) is 17.8. The fraction of sp³-hybridized carbons (Fsp3) is 0.786. The van der Waals surface area contributed by atoms with Gasteiger partial charge in [0.2, 0.25) is 0 Å². The molecule has 1 heterocycles. The zero-order valence-electron chi connectivity index (χ0n) is 14.6. The molecule has 1 aromatic rings. The Morgan fingerprint density at radius 2 is 2.13 bits per heavy atom. The molecule has 0 fully saturated rings. The van der Waals surface area contributed by atoms with Gasteiger partial charge in [0.15, 0.2) is 13.4 Å². The number of aromatic nitrogens is 1. The van der Waals surface area contributed by atoms with Crippen molar-refractivity contribution in [3.63, 3.8) is 0 Å². The van der Waals surface area contributed by atoms with Crippen LogP contribution >= 0.6 is 22.9 Å². The van der Waals surface area contributed by atoms with E-state index in [2.05, 4.69) is 55.8 Å². The molecule has 0 aromatic carbocycles. The predicted molar refractivity (Wildman–Crippen MR) is 100 cm³/mol. The van der Waals surface area contributed by atoms with Crippen LogP contribution in [0.15, 0.2) is 11.3 Å². The van der Waals surface area contributed by atoms with E-state index in [1.165, 1.54) is 11.3 Å². The number of nitrogen functional groups attached to an aromatic ring is 1. The first-order chi connectivity index (χ1) is 10.5. The molecule has 0 radical (unpaired) electrons. The fourth-order valence-electron chi connectivity index (χ4n) is 2.12. The van der Waals surface area contributed by atoms with Crippen LogP contribution < -0.4 is 5.73 Å². The Morgan fingerprint density at radius 3 is 2.57 bits per heavy atom. The van der Waals surface area contributed by atoms with E-state index in [9.17, 15) is 0 Å². The maximum atomic E-state index is 8.54. The molecule has 23 heavy (non-hydrogen) atoms. The van der Waals surface area contributed by atoms with Gasteiger partial charge in [-0.2, -0.15) is 0 Å². The molecule has 0 saturated carbocycles. The Hall–Kier alpha value is -0.793. The summed E-state index contributed by atoms with van der Waals surface area (Å²) in [7, 11) is -2.11. The minimum Gasteiger partial charge on any atom is -0.408 e. The van der Waals surface area contributed by atoms with Crippen LogP contribution in [0.2, 0.25) is 18.1 Å². The number of nitrogens with two attached hydrogens (primary N) is 1. The van der Waals surface area contributed by atoms with Crippen molar-refractivity contribution in [2.45, 2.75) is 57.3 Å². The molecule has 0 aliphatic carbocycles. The summed E-state index contributed by atoms with van der Waals surface area (Å²) in [6, 6.07) is 0. The second kappa shape index (κ2) is 7.85. The van der Waals surface area contributed by atoms with E-state index in [-0.39, 0.29) is 17.7 Å². The van der Waals surface area contributed by atoms with Gasteiger partial charge in [0, 0.05) is 17.7 Å². The summed E-state index contributed by atoms with van der Waals surface area (Å²) in [4.78, 5) is 7.76. The number of nitrogens with zero attached hydrogens (tertiary/aromatic N) is 4. The van der Waals surface area contributed by atoms with E-state index in [1.54, 1.807) is 6.20 Å². The van der Waals surface area contributed by atoms with E-state index < -0.39 is 13.7 Å². The van der Waals surface area contributed by atoms with E-state index in [4.69, 9.17) is 27.3 Å². The molecule has 2 N–H and O–H groups in total. The molecule has 0 spiro atoms. The Kier molecular flexibility index (Phi) is 6.91. The van der Waals surface area contributed by atoms with Gasteiger partial charge in [-0.05, 0) is 29.6 Å². The monoisotopic (exact) mass is 375 g/mol. The SMILES string of the molecule is CC(C)C(C)(C)[Si](C)(C)O[C@@H](c1cnc(N)s1)[C@@H](Cl)CN=[N+]=[N-]. The van der Waals surface area contributed by atoms with E-state index in [0.29, 0.717) is 11.0 Å². The van der Waals surface area contributed by atoms with Crippen molar-refractivity contribution in [1.82, 2.24) is 4.98 Å². The summed E-state index contributed by atoms with van der Waals surface area (Å²) < 4.78 is 6.56. The smallest absolute Gasteiger partial charge is 0.193 e. The Bertz CT molecular complexity index is 571. The third kappa shape index (κ3) is 4.84. The van der Waals surface area contributed by atoms with Crippen molar-refractivity contribution in [2.75, 3.05) is 12.3 Å². The summed E-state index contributed by atoms with van der Waals surface area (Å²) in [5.74, 6) is 0.474. The molecule has 0 aliphatic rings. The minimum absolute atomic E-state index is 0.0522. The maximum Gasteiger partial charge on any atom is 0.193 e. The quantitative estimate of drug-likeness (QED) is 0.218. The van der Waals surface area contributed by atoms with Crippen LogP contribution in [0.1, 0.15) is 38.7 Å². The number of rotatable bonds is 8. The van der Waals surface area contributed by atoms with E-state index in [0.717, 1.165) is 4.88 Å². The highest BCUT2D eigenvalue weighted by atomic mass is 35.5. The van der Waals surface area contributed by atoms with Gasteiger partial charge in [0.1, 0.15) is 0 Å². The molecule has 2 atom stereocenters. The van der Waals surface area contributed by atoms with Crippen molar-refractivity contribution in [2.24, 2.45) is 11.0 Å². The normalized spacial score (nSPS) is 15.3. The standard InChI is InChI=1S/C14H26ClN5OSSi/c1-9(2)14(3,4)23(5,6)21-12(10(15)7-19-20-17)11-8-18-13(16)22-11/h8-10,12H,7H2,1-6H3,(H2,16,18)/t10-,12+/m0/s1. The number of anilines is 1. The molecule has 0 amide bonds. The van der Waals surface area contributed by atoms with Gasteiger partial charge in [-0.3, -0.25) is 0 Å². The van der Waals surface area contributed by atoms with Crippen molar-refractivity contribution < 1.29 is 4.43 Å². The van der Waals surface area contributed by atoms with Crippen molar-refractivity contribution in [1.29, 1.82) is 0 Å². The number of hydrogen-bond acceptors (Lipinski definition) is 5. The highest BCUT2D eigenvalue weighted by molar-refractivity contribution is 7.15. The van der Waals surface area contributed by atoms with Crippen molar-refractivity contribution in [3.05, 3.63) is 21.5 Å². The third-order valence-electron chi connectivity index (χ3n) is 4.89. The second-order valence-electron chi connectivity index (χ2n) is 6.96. The minimum atomic E-state index is -2.11. The molecule has 1 aromatic heterocycles. The van der Waals surface area contributed by atoms with Crippen LogP contribution in [-0.4, -0.2) is 25.2 Å². The molecule has 0 saturated heterocycles. The van der Waals surface area contributed by atoms with Gasteiger partial charge in [0.05, 0.1) is 16.4 Å². The van der Waals surface area contributed by atoms with Crippen LogP contribution in [0.5, 0.6) is 0 Å². The average molecular weight is 376 g/mol. The van der Waals surface area contributed by atoms with Crippen LogP contribution in [0.3, 0.4) is 0 Å². The number of azide groups is 1. The molecule has 1 rings (SSSR count). The van der Waals surface area contributed by atoms with Gasteiger partial charge >= 0.3 is 0 Å². The van der Waals surface area contributed by atoms with Crippen LogP contribution in [0.4, 0.5) is 5.13 Å². The van der Waals surface area contributed by atoms with Gasteiger partial charge < -0.3 is 10.2 Å². The van der Waals surface area contributed by atoms with Crippen LogP contribution in [0, 0.1) is 5.92 Å². The molecule has 0 aliphatic heterocycles. The summed E-state index contributed by atoms with van der Waals surface area (Å²) >= 11 is 7.84. The number of thiazole rings is 1. The first kappa shape index (κ1) is 20.3. The fourth-order valence-corrected chi connectivity index (χ4v) is 6.01. The lowest BCUT2D eigenvalue weighted by atomic mass is 9.99. The average Bonchev–Trinajstić information content (AvgIpc) is 2.88. The number of hydrogen-bond donors (Lipinski definition) is 1. The van der Waals surface area contributed by atoms with Gasteiger partial charge in [-0.25, -0.2) is 4.98 Å². The molecule has 0 unspecified atom stereocenters. The van der Waals surface area contributed by atoms with Crippen molar-refractivity contribution in [3.8, 4) is 0 Å². The molecular formula is C14H26ClN5OSSi. The molecular weight excluding hydrogens is 350 g/mol. The van der Waals surface area contributed by atoms with Gasteiger partial charge in [-0.15, -0.1) is 11.6 Å². The van der Waals surface area contributed by atoms with Gasteiger partial charge in [-0.1, -0.05) is 44.1 Å². The summed E-state index contributed by atoms with van der Waals surface area (Å²) in [6.07, 6.45) is 1.32. The first-order valence-corrected chi connectivity index (χ1v) is 11.7. The summed E-state index contributed by atoms with van der Waals surface area (Å²) in [5, 5.41) is 3.66. The number of halogens is 1. The zero-order valence-corrected chi connectivity index (χ0v) is 17.1. The van der Waals surface area contributed by atoms with Crippen molar-refractivity contribution >= 4 is 36.4 Å². The second-order valence-corrected chi connectivity index (χ2v) is 13.2. The summed E-state index contributed by atoms with van der Waals surface area (Å²) in [5.41, 5.74) is 14.3. The molecule has 130 valence electrons. The number of alkyl halides is 1. The third-order valence-corrected chi connectivity index (χ3v) is 10.7. The Morgan fingerprint density at radius 1 is 1.52 bits per heavy atom. The first-order valence-electron chi connectivity index (χ1n) is 7.57.